The van der Waals surface area contributed by atoms with E-state index in [-0.39, 0.29) is 0 Å². The van der Waals surface area contributed by atoms with Gasteiger partial charge in [-0.05, 0) is 0 Å². The van der Waals surface area contributed by atoms with E-state index in [0.29, 0.717) is 19.0 Å². The standard InChI is InChI=1S/C4H6N4O2S/c9-11(10)6-3-8-2-1-5-4(8)7-11/h3H,1-2H2,(H,5,7). The van der Waals surface area contributed by atoms with Crippen LogP contribution >= 0.6 is 0 Å². The third kappa shape index (κ3) is 1.07. The largest absolute Gasteiger partial charge is 0.345 e. The average Bonchev–Trinajstić information content (AvgIpc) is 2.31. The van der Waals surface area contributed by atoms with Crippen LogP contribution in [0.3, 0.4) is 0 Å². The van der Waals surface area contributed by atoms with Crippen LogP contribution in [0.1, 0.15) is 0 Å². The molecule has 0 unspecified atom stereocenters. The second kappa shape index (κ2) is 1.94. The molecule has 0 saturated carbocycles. The van der Waals surface area contributed by atoms with Crippen LogP contribution in [0.4, 0.5) is 0 Å². The van der Waals surface area contributed by atoms with E-state index in [2.05, 4.69) is 14.1 Å². The van der Waals surface area contributed by atoms with Gasteiger partial charge in [-0.25, -0.2) is 4.72 Å². The number of nitrogens with one attached hydrogen (secondary N) is 1. The van der Waals surface area contributed by atoms with Crippen molar-refractivity contribution in [3.63, 3.8) is 0 Å². The lowest BCUT2D eigenvalue weighted by molar-refractivity contribution is 0.583. The molecule has 2 heterocycles. The first-order valence-electron chi connectivity index (χ1n) is 3.07. The molecular formula is C4H6N4O2S. The predicted octanol–water partition coefficient (Wildman–Crippen LogP) is -1.47. The maximum Gasteiger partial charge on any atom is 0.345 e. The summed E-state index contributed by atoms with van der Waals surface area (Å²) >= 11 is 0. The topological polar surface area (TPSA) is 74.1 Å². The molecule has 2 rings (SSSR count). The van der Waals surface area contributed by atoms with Gasteiger partial charge in [0.15, 0.2) is 0 Å². The smallest absolute Gasteiger partial charge is 0.300 e. The van der Waals surface area contributed by atoms with Crippen molar-refractivity contribution in [3.8, 4) is 0 Å². The van der Waals surface area contributed by atoms with Crippen LogP contribution in [0.5, 0.6) is 0 Å². The quantitative estimate of drug-likeness (QED) is 0.487. The minimum absolute atomic E-state index is 0.375. The fraction of sp³-hybridized carbons (Fsp3) is 0.500. The van der Waals surface area contributed by atoms with Gasteiger partial charge in [0.2, 0.25) is 5.96 Å². The van der Waals surface area contributed by atoms with Crippen LogP contribution in [0.15, 0.2) is 9.39 Å². The summed E-state index contributed by atoms with van der Waals surface area (Å²) in [4.78, 5) is 5.57. The van der Waals surface area contributed by atoms with Crippen molar-refractivity contribution in [2.75, 3.05) is 13.1 Å². The van der Waals surface area contributed by atoms with Gasteiger partial charge in [-0.1, -0.05) is 0 Å². The summed E-state index contributed by atoms with van der Waals surface area (Å²) < 4.78 is 27.0. The van der Waals surface area contributed by atoms with Crippen LogP contribution in [-0.2, 0) is 10.2 Å². The molecule has 0 saturated heterocycles. The van der Waals surface area contributed by atoms with Gasteiger partial charge < -0.3 is 0 Å². The Hall–Kier alpha value is -1.11. The number of hydrogen-bond donors (Lipinski definition) is 1. The third-order valence-electron chi connectivity index (χ3n) is 1.42. The van der Waals surface area contributed by atoms with Crippen LogP contribution in [-0.4, -0.2) is 38.7 Å². The summed E-state index contributed by atoms with van der Waals surface area (Å²) in [7, 11) is -3.49. The molecule has 0 bridgehead atoms. The molecule has 0 aromatic heterocycles. The first kappa shape index (κ1) is 6.59. The van der Waals surface area contributed by atoms with E-state index in [9.17, 15) is 8.42 Å². The van der Waals surface area contributed by atoms with Crippen LogP contribution in [0.2, 0.25) is 0 Å². The molecule has 0 spiro atoms. The molecule has 0 radical (unpaired) electrons. The lowest BCUT2D eigenvalue weighted by Crippen LogP contribution is -2.44. The van der Waals surface area contributed by atoms with Gasteiger partial charge in [-0.2, -0.15) is 8.42 Å². The molecular weight excluding hydrogens is 168 g/mol. The van der Waals surface area contributed by atoms with E-state index < -0.39 is 10.2 Å². The second-order valence-electron chi connectivity index (χ2n) is 2.20. The number of guanidine groups is 1. The van der Waals surface area contributed by atoms with Crippen molar-refractivity contribution in [3.05, 3.63) is 0 Å². The van der Waals surface area contributed by atoms with Crippen molar-refractivity contribution < 1.29 is 8.42 Å². The molecule has 0 aromatic carbocycles. The number of hydrogen-bond acceptors (Lipinski definition) is 4. The summed E-state index contributed by atoms with van der Waals surface area (Å²) in [6, 6.07) is 0. The van der Waals surface area contributed by atoms with Crippen molar-refractivity contribution in [1.29, 1.82) is 0 Å². The Morgan fingerprint density at radius 3 is 3.27 bits per heavy atom. The van der Waals surface area contributed by atoms with E-state index in [0.717, 1.165) is 0 Å². The van der Waals surface area contributed by atoms with Crippen molar-refractivity contribution in [2.45, 2.75) is 0 Å². The molecule has 7 heteroatoms. The Balaban J connectivity index is 2.41. The first-order chi connectivity index (χ1) is 5.17. The van der Waals surface area contributed by atoms with Crippen LogP contribution in [0, 0.1) is 0 Å². The first-order valence-corrected chi connectivity index (χ1v) is 4.51. The van der Waals surface area contributed by atoms with Gasteiger partial charge in [0, 0.05) is 6.54 Å². The zero-order chi connectivity index (χ0) is 7.90. The van der Waals surface area contributed by atoms with Gasteiger partial charge in [0.1, 0.15) is 6.34 Å². The maximum absolute atomic E-state index is 10.8. The van der Waals surface area contributed by atoms with E-state index in [4.69, 9.17) is 0 Å². The second-order valence-corrected chi connectivity index (χ2v) is 3.56. The van der Waals surface area contributed by atoms with Crippen LogP contribution < -0.4 is 4.72 Å². The van der Waals surface area contributed by atoms with Gasteiger partial charge in [-0.15, -0.1) is 4.40 Å². The molecule has 0 amide bonds. The zero-order valence-electron chi connectivity index (χ0n) is 5.56. The lowest BCUT2D eigenvalue weighted by Gasteiger charge is -2.18. The lowest BCUT2D eigenvalue weighted by atomic mass is 10.6. The molecule has 0 aliphatic carbocycles. The highest BCUT2D eigenvalue weighted by molar-refractivity contribution is 7.89. The molecule has 2 aliphatic heterocycles. The van der Waals surface area contributed by atoms with Gasteiger partial charge in [-0.3, -0.25) is 9.89 Å². The average molecular weight is 174 g/mol. The number of nitrogens with zero attached hydrogens (tertiary/aromatic N) is 3. The highest BCUT2D eigenvalue weighted by atomic mass is 32.2. The van der Waals surface area contributed by atoms with E-state index >= 15 is 0 Å². The number of rotatable bonds is 0. The van der Waals surface area contributed by atoms with Crippen molar-refractivity contribution in [1.82, 2.24) is 9.62 Å². The Morgan fingerprint density at radius 2 is 2.45 bits per heavy atom. The molecule has 6 nitrogen and oxygen atoms in total. The van der Waals surface area contributed by atoms with E-state index in [1.165, 1.54) is 6.34 Å². The van der Waals surface area contributed by atoms with Crippen molar-refractivity contribution in [2.24, 2.45) is 9.39 Å². The molecule has 0 atom stereocenters. The summed E-state index contributed by atoms with van der Waals surface area (Å²) in [5, 5.41) is 0. The Labute approximate surface area is 63.8 Å². The zero-order valence-corrected chi connectivity index (χ0v) is 6.37. The van der Waals surface area contributed by atoms with Crippen LogP contribution in [0.25, 0.3) is 0 Å². The minimum atomic E-state index is -3.49. The summed E-state index contributed by atoms with van der Waals surface area (Å²) in [6.45, 7) is 1.31. The molecule has 1 N–H and O–H groups in total. The van der Waals surface area contributed by atoms with Crippen molar-refractivity contribution >= 4 is 22.5 Å². The maximum atomic E-state index is 10.8. The van der Waals surface area contributed by atoms with Gasteiger partial charge in [0.25, 0.3) is 0 Å². The summed E-state index contributed by atoms with van der Waals surface area (Å²) in [5.74, 6) is 0.375. The molecule has 11 heavy (non-hydrogen) atoms. The summed E-state index contributed by atoms with van der Waals surface area (Å²) in [5.41, 5.74) is 0. The fourth-order valence-electron chi connectivity index (χ4n) is 0.924. The monoisotopic (exact) mass is 174 g/mol. The predicted molar refractivity (Wildman–Crippen MR) is 39.6 cm³/mol. The molecule has 2 aliphatic rings. The Kier molecular flexibility index (Phi) is 1.16. The number of fused-ring (bicyclic) bond motifs is 1. The van der Waals surface area contributed by atoms with E-state index in [1.54, 1.807) is 4.90 Å². The third-order valence-corrected chi connectivity index (χ3v) is 2.23. The van der Waals surface area contributed by atoms with E-state index in [1.807, 2.05) is 0 Å². The Bertz CT molecular complexity index is 330. The van der Waals surface area contributed by atoms with Gasteiger partial charge >= 0.3 is 10.2 Å². The SMILES string of the molecule is O=S1(=O)N=CN2CCN=C2N1. The highest BCUT2D eigenvalue weighted by Gasteiger charge is 2.24. The minimum Gasteiger partial charge on any atom is -0.300 e. The normalized spacial score (nSPS) is 25.8. The molecule has 60 valence electrons. The molecule has 0 aromatic rings. The van der Waals surface area contributed by atoms with Gasteiger partial charge in [0.05, 0.1) is 6.54 Å². The molecule has 0 fully saturated rings. The highest BCUT2D eigenvalue weighted by Crippen LogP contribution is 2.03. The summed E-state index contributed by atoms with van der Waals surface area (Å²) in [6.07, 6.45) is 1.28. The Morgan fingerprint density at radius 1 is 1.64 bits per heavy atom. The fourth-order valence-corrected chi connectivity index (χ4v) is 1.63. The number of aliphatic imine (C=N–C) groups is 1.